The van der Waals surface area contributed by atoms with E-state index < -0.39 is 40.5 Å². The zero-order valence-electron chi connectivity index (χ0n) is 7.52. The Bertz CT molecular complexity index is 393. The first-order valence-electron chi connectivity index (χ1n) is 3.92. The highest BCUT2D eigenvalue weighted by atomic mass is 79.9. The first kappa shape index (κ1) is 13.3. The van der Waals surface area contributed by atoms with Gasteiger partial charge in [0.15, 0.2) is 0 Å². The van der Waals surface area contributed by atoms with E-state index in [0.717, 1.165) is 0 Å². The van der Waals surface area contributed by atoms with Gasteiger partial charge in [-0.1, -0.05) is 0 Å². The zero-order valence-corrected chi connectivity index (χ0v) is 9.11. The van der Waals surface area contributed by atoms with E-state index in [9.17, 15) is 22.0 Å². The van der Waals surface area contributed by atoms with Crippen LogP contribution < -0.4 is 0 Å². The van der Waals surface area contributed by atoms with Crippen LogP contribution in [0.1, 0.15) is 23.2 Å². The lowest BCUT2D eigenvalue weighted by Gasteiger charge is -2.14. The molecule has 90 valence electrons. The summed E-state index contributed by atoms with van der Waals surface area (Å²) in [7, 11) is 0. The fraction of sp³-hybridized carbons (Fsp3) is 0.375. The minimum absolute atomic E-state index is 0.289. The molecule has 0 fully saturated rings. The zero-order chi connectivity index (χ0) is 12.5. The molecule has 0 aliphatic carbocycles. The van der Waals surface area contributed by atoms with Crippen LogP contribution in [0.5, 0.6) is 0 Å². The van der Waals surface area contributed by atoms with Crippen molar-refractivity contribution in [2.75, 3.05) is 0 Å². The van der Waals surface area contributed by atoms with Crippen molar-refractivity contribution in [1.82, 2.24) is 4.98 Å². The number of rotatable bonds is 2. The molecule has 0 amide bonds. The Kier molecular flexibility index (Phi) is 3.84. The van der Waals surface area contributed by atoms with E-state index in [-0.39, 0.29) is 6.20 Å². The molecule has 0 aliphatic heterocycles. The maximum atomic E-state index is 12.4. The number of aromatic nitrogens is 1. The van der Waals surface area contributed by atoms with Crippen molar-refractivity contribution >= 4 is 15.9 Å². The summed E-state index contributed by atoms with van der Waals surface area (Å²) in [6.07, 6.45) is -7.46. The van der Waals surface area contributed by atoms with Crippen LogP contribution in [0.25, 0.3) is 0 Å². The van der Waals surface area contributed by atoms with Crippen molar-refractivity contribution in [3.05, 3.63) is 27.5 Å². The van der Waals surface area contributed by atoms with E-state index in [1.165, 1.54) is 0 Å². The standard InChI is InChI=1S/C8H5BrF5NO/c9-5-3(2-16)4(8(12,13)14)1-15-6(5)7(10)11/h1,7,16H,2H2. The summed E-state index contributed by atoms with van der Waals surface area (Å²) in [5.74, 6) is 0. The van der Waals surface area contributed by atoms with Gasteiger partial charge in [-0.2, -0.15) is 13.2 Å². The maximum Gasteiger partial charge on any atom is 0.418 e. The summed E-state index contributed by atoms with van der Waals surface area (Å²) in [4.78, 5) is 3.02. The van der Waals surface area contributed by atoms with Gasteiger partial charge in [0.2, 0.25) is 0 Å². The van der Waals surface area contributed by atoms with E-state index in [0.29, 0.717) is 0 Å². The van der Waals surface area contributed by atoms with Crippen molar-refractivity contribution in [1.29, 1.82) is 0 Å². The van der Waals surface area contributed by atoms with Gasteiger partial charge in [-0.05, 0) is 15.9 Å². The Morgan fingerprint density at radius 3 is 2.31 bits per heavy atom. The van der Waals surface area contributed by atoms with Crippen LogP contribution >= 0.6 is 15.9 Å². The Labute approximate surface area is 95.2 Å². The van der Waals surface area contributed by atoms with Crippen LogP contribution in [0, 0.1) is 0 Å². The molecule has 0 atom stereocenters. The molecule has 0 saturated heterocycles. The van der Waals surface area contributed by atoms with Gasteiger partial charge in [0.25, 0.3) is 6.43 Å². The van der Waals surface area contributed by atoms with Crippen molar-refractivity contribution in [2.45, 2.75) is 19.2 Å². The number of hydrogen-bond donors (Lipinski definition) is 1. The molecule has 1 aromatic rings. The first-order chi connectivity index (χ1) is 7.29. The lowest BCUT2D eigenvalue weighted by atomic mass is 10.1. The Morgan fingerprint density at radius 2 is 1.94 bits per heavy atom. The van der Waals surface area contributed by atoms with Crippen molar-refractivity contribution in [3.63, 3.8) is 0 Å². The molecular weight excluding hydrogens is 301 g/mol. The van der Waals surface area contributed by atoms with E-state index in [2.05, 4.69) is 20.9 Å². The molecule has 16 heavy (non-hydrogen) atoms. The average molecular weight is 306 g/mol. The molecule has 8 heteroatoms. The number of alkyl halides is 5. The van der Waals surface area contributed by atoms with Gasteiger partial charge >= 0.3 is 6.18 Å². The van der Waals surface area contributed by atoms with Crippen LogP contribution in [0.15, 0.2) is 10.7 Å². The van der Waals surface area contributed by atoms with Gasteiger partial charge in [0.1, 0.15) is 5.69 Å². The molecule has 0 unspecified atom stereocenters. The van der Waals surface area contributed by atoms with E-state index >= 15 is 0 Å². The number of halogens is 6. The highest BCUT2D eigenvalue weighted by molar-refractivity contribution is 9.10. The molecular formula is C8H5BrF5NO. The second-order valence-corrected chi connectivity index (χ2v) is 3.60. The summed E-state index contributed by atoms with van der Waals surface area (Å²) in [5, 5.41) is 8.77. The third kappa shape index (κ3) is 2.49. The summed E-state index contributed by atoms with van der Waals surface area (Å²) in [5.41, 5.74) is -2.69. The topological polar surface area (TPSA) is 33.1 Å². The second-order valence-electron chi connectivity index (χ2n) is 2.81. The largest absolute Gasteiger partial charge is 0.418 e. The predicted octanol–water partition coefficient (Wildman–Crippen LogP) is 3.29. The second kappa shape index (κ2) is 4.62. The lowest BCUT2D eigenvalue weighted by molar-refractivity contribution is -0.139. The van der Waals surface area contributed by atoms with Gasteiger partial charge in [-0.3, -0.25) is 4.98 Å². The monoisotopic (exact) mass is 305 g/mol. The van der Waals surface area contributed by atoms with Gasteiger partial charge in [-0.25, -0.2) is 8.78 Å². The first-order valence-corrected chi connectivity index (χ1v) is 4.71. The molecule has 0 bridgehead atoms. The van der Waals surface area contributed by atoms with Crippen LogP contribution in [0.2, 0.25) is 0 Å². The van der Waals surface area contributed by atoms with Gasteiger partial charge in [0, 0.05) is 11.8 Å². The van der Waals surface area contributed by atoms with Crippen molar-refractivity contribution in [2.24, 2.45) is 0 Å². The van der Waals surface area contributed by atoms with Crippen LogP contribution in [-0.4, -0.2) is 10.1 Å². The van der Waals surface area contributed by atoms with Crippen LogP contribution in [0.4, 0.5) is 22.0 Å². The van der Waals surface area contributed by atoms with Crippen molar-refractivity contribution < 1.29 is 27.1 Å². The molecule has 1 rings (SSSR count). The predicted molar refractivity (Wildman–Crippen MR) is 47.8 cm³/mol. The minimum Gasteiger partial charge on any atom is -0.392 e. The third-order valence-electron chi connectivity index (χ3n) is 1.82. The Morgan fingerprint density at radius 1 is 1.38 bits per heavy atom. The van der Waals surface area contributed by atoms with Gasteiger partial charge in [0.05, 0.1) is 16.6 Å². The molecule has 1 N–H and O–H groups in total. The number of aliphatic hydroxyl groups is 1. The summed E-state index contributed by atoms with van der Waals surface area (Å²) >= 11 is 2.58. The Balaban J connectivity index is 3.41. The number of pyridine rings is 1. The molecule has 1 heterocycles. The highest BCUT2D eigenvalue weighted by Crippen LogP contribution is 2.37. The lowest BCUT2D eigenvalue weighted by Crippen LogP contribution is -2.12. The fourth-order valence-corrected chi connectivity index (χ4v) is 1.71. The summed E-state index contributed by atoms with van der Waals surface area (Å²) in [6, 6.07) is 0. The summed E-state index contributed by atoms with van der Waals surface area (Å²) < 4.78 is 61.3. The fourth-order valence-electron chi connectivity index (χ4n) is 1.09. The van der Waals surface area contributed by atoms with E-state index in [4.69, 9.17) is 5.11 Å². The third-order valence-corrected chi connectivity index (χ3v) is 2.70. The number of hydrogen-bond acceptors (Lipinski definition) is 2. The normalized spacial score (nSPS) is 12.2. The quantitative estimate of drug-likeness (QED) is 0.851. The molecule has 0 radical (unpaired) electrons. The van der Waals surface area contributed by atoms with Gasteiger partial charge in [-0.15, -0.1) is 0 Å². The number of aliphatic hydroxyl groups excluding tert-OH is 1. The average Bonchev–Trinajstić information content (AvgIpc) is 2.15. The van der Waals surface area contributed by atoms with Crippen LogP contribution in [-0.2, 0) is 12.8 Å². The summed E-state index contributed by atoms with van der Waals surface area (Å²) in [6.45, 7) is -1.00. The smallest absolute Gasteiger partial charge is 0.392 e. The molecule has 0 aromatic carbocycles. The molecule has 0 saturated carbocycles. The number of nitrogens with zero attached hydrogens (tertiary/aromatic N) is 1. The molecule has 0 spiro atoms. The minimum atomic E-state index is -4.74. The molecule has 0 aliphatic rings. The maximum absolute atomic E-state index is 12.4. The van der Waals surface area contributed by atoms with Crippen LogP contribution in [0.3, 0.4) is 0 Å². The molecule has 1 aromatic heterocycles. The van der Waals surface area contributed by atoms with E-state index in [1.807, 2.05) is 0 Å². The van der Waals surface area contributed by atoms with Crippen molar-refractivity contribution in [3.8, 4) is 0 Å². The Hall–Kier alpha value is -0.760. The highest BCUT2D eigenvalue weighted by Gasteiger charge is 2.35. The van der Waals surface area contributed by atoms with E-state index in [1.54, 1.807) is 0 Å². The SMILES string of the molecule is OCc1c(C(F)(F)F)cnc(C(F)F)c1Br. The molecule has 2 nitrogen and oxygen atoms in total. The van der Waals surface area contributed by atoms with Gasteiger partial charge < -0.3 is 5.11 Å².